The zero-order valence-corrected chi connectivity index (χ0v) is 11.1. The molecule has 1 aliphatic rings. The Morgan fingerprint density at radius 3 is 2.75 bits per heavy atom. The highest BCUT2D eigenvalue weighted by atomic mass is 31.1. The van der Waals surface area contributed by atoms with E-state index in [2.05, 4.69) is 44.2 Å². The van der Waals surface area contributed by atoms with Crippen molar-refractivity contribution in [3.63, 3.8) is 0 Å². The normalized spacial score (nSPS) is 17.2. The minimum Gasteiger partial charge on any atom is -0.0654 e. The molecule has 0 aromatic heterocycles. The van der Waals surface area contributed by atoms with Crippen molar-refractivity contribution in [2.75, 3.05) is 0 Å². The molecule has 2 rings (SSSR count). The molecule has 0 saturated carbocycles. The molecule has 16 heavy (non-hydrogen) atoms. The van der Waals surface area contributed by atoms with Gasteiger partial charge in [0.15, 0.2) is 0 Å². The molecule has 0 nitrogen and oxygen atoms in total. The predicted octanol–water partition coefficient (Wildman–Crippen LogP) is 4.83. The van der Waals surface area contributed by atoms with Gasteiger partial charge in [-0.3, -0.25) is 0 Å². The van der Waals surface area contributed by atoms with Crippen LogP contribution in [-0.2, 0) is 0 Å². The molecule has 1 aliphatic heterocycles. The second-order valence-electron chi connectivity index (χ2n) is 4.64. The Morgan fingerprint density at radius 2 is 2.00 bits per heavy atom. The van der Waals surface area contributed by atoms with Crippen LogP contribution in [0.25, 0.3) is 6.08 Å². The van der Waals surface area contributed by atoms with Gasteiger partial charge in [-0.05, 0) is 43.2 Å². The van der Waals surface area contributed by atoms with E-state index < -0.39 is 0 Å². The lowest BCUT2D eigenvalue weighted by molar-refractivity contribution is 0.572. The molecule has 1 atom stereocenters. The van der Waals surface area contributed by atoms with Crippen LogP contribution in [0.3, 0.4) is 0 Å². The van der Waals surface area contributed by atoms with Crippen LogP contribution in [0.1, 0.15) is 45.1 Å². The van der Waals surface area contributed by atoms with E-state index in [4.69, 9.17) is 0 Å². The molecule has 85 valence electrons. The second-order valence-corrected chi connectivity index (χ2v) is 5.86. The van der Waals surface area contributed by atoms with Crippen molar-refractivity contribution in [2.45, 2.75) is 39.5 Å². The van der Waals surface area contributed by atoms with E-state index in [1.165, 1.54) is 45.1 Å². The van der Waals surface area contributed by atoms with Gasteiger partial charge in [0.25, 0.3) is 0 Å². The quantitative estimate of drug-likeness (QED) is 0.503. The van der Waals surface area contributed by atoms with Crippen LogP contribution in [0.15, 0.2) is 29.6 Å². The summed E-state index contributed by atoms with van der Waals surface area (Å²) in [5.74, 6) is 0.751. The minimum atomic E-state index is 0.751. The van der Waals surface area contributed by atoms with Crippen molar-refractivity contribution in [3.05, 3.63) is 35.1 Å². The molecule has 1 aromatic carbocycles. The third-order valence-electron chi connectivity index (χ3n) is 3.24. The summed E-state index contributed by atoms with van der Waals surface area (Å²) in [6.45, 7) is 4.65. The molecule has 0 saturated heterocycles. The Morgan fingerprint density at radius 1 is 1.19 bits per heavy atom. The molecule has 1 heterocycles. The van der Waals surface area contributed by atoms with Gasteiger partial charge in [-0.25, -0.2) is 0 Å². The van der Waals surface area contributed by atoms with Gasteiger partial charge >= 0.3 is 0 Å². The van der Waals surface area contributed by atoms with Crippen molar-refractivity contribution in [2.24, 2.45) is 5.92 Å². The number of benzene rings is 1. The first-order valence-electron chi connectivity index (χ1n) is 6.33. The van der Waals surface area contributed by atoms with Crippen LogP contribution < -0.4 is 5.30 Å². The molecule has 0 bridgehead atoms. The van der Waals surface area contributed by atoms with Crippen LogP contribution in [0, 0.1) is 5.92 Å². The minimum absolute atomic E-state index is 0.751. The Bertz CT molecular complexity index is 379. The topological polar surface area (TPSA) is 0 Å². The fraction of sp³-hybridized carbons (Fsp3) is 0.467. The smallest absolute Gasteiger partial charge is 0.00768 e. The second kappa shape index (κ2) is 5.64. The van der Waals surface area contributed by atoms with Crippen LogP contribution in [0.5, 0.6) is 0 Å². The lowest BCUT2D eigenvalue weighted by Gasteiger charge is -2.11. The fourth-order valence-corrected chi connectivity index (χ4v) is 3.40. The zero-order chi connectivity index (χ0) is 11.4. The van der Waals surface area contributed by atoms with E-state index in [1.807, 2.05) is 0 Å². The number of allylic oxidation sites excluding steroid dienone is 1. The van der Waals surface area contributed by atoms with E-state index >= 15 is 0 Å². The number of rotatable bonds is 5. The molecule has 0 spiro atoms. The number of fused-ring (bicyclic) bond motifs is 1. The molecule has 0 N–H and O–H groups in total. The fourth-order valence-electron chi connectivity index (χ4n) is 2.14. The van der Waals surface area contributed by atoms with Gasteiger partial charge in [0.05, 0.1) is 0 Å². The number of hydrogen-bond donors (Lipinski definition) is 0. The zero-order valence-electron chi connectivity index (χ0n) is 10.2. The van der Waals surface area contributed by atoms with E-state index in [0.717, 1.165) is 5.92 Å². The first-order chi connectivity index (χ1) is 7.81. The van der Waals surface area contributed by atoms with Crippen LogP contribution in [0.4, 0.5) is 0 Å². The van der Waals surface area contributed by atoms with Gasteiger partial charge in [-0.2, -0.15) is 0 Å². The summed E-state index contributed by atoms with van der Waals surface area (Å²) in [4.78, 5) is 0. The highest BCUT2D eigenvalue weighted by molar-refractivity contribution is 7.53. The summed E-state index contributed by atoms with van der Waals surface area (Å²) >= 11 is 0. The van der Waals surface area contributed by atoms with Crippen molar-refractivity contribution in [3.8, 4) is 0 Å². The average Bonchev–Trinajstić information content (AvgIpc) is 2.73. The van der Waals surface area contributed by atoms with Crippen LogP contribution in [-0.4, -0.2) is 0 Å². The molecular weight excluding hydrogens is 211 g/mol. The third-order valence-corrected chi connectivity index (χ3v) is 4.71. The standard InChI is InChI=1S/C15H20P/c1-3-4-5-8-12(2)15-11-13-9-6-7-10-14(13)16-15/h6-7,9-12H,3-5,8H2,1-2H3. The lowest BCUT2D eigenvalue weighted by Crippen LogP contribution is -1.96. The Hall–Kier alpha value is -0.610. The molecule has 0 aliphatic carbocycles. The van der Waals surface area contributed by atoms with Crippen molar-refractivity contribution < 1.29 is 0 Å². The summed E-state index contributed by atoms with van der Waals surface area (Å²) in [5, 5.41) is 3.09. The molecule has 1 radical (unpaired) electrons. The molecule has 0 fully saturated rings. The van der Waals surface area contributed by atoms with Crippen LogP contribution >= 0.6 is 8.58 Å². The maximum atomic E-state index is 2.40. The largest absolute Gasteiger partial charge is 0.0654 e. The summed E-state index contributed by atoms with van der Waals surface area (Å²) in [5.41, 5.74) is 1.43. The summed E-state index contributed by atoms with van der Waals surface area (Å²) < 4.78 is 0. The van der Waals surface area contributed by atoms with Gasteiger partial charge in [-0.1, -0.05) is 57.4 Å². The number of hydrogen-bond acceptors (Lipinski definition) is 0. The van der Waals surface area contributed by atoms with Gasteiger partial charge in [0.1, 0.15) is 0 Å². The summed E-state index contributed by atoms with van der Waals surface area (Å²) in [6.07, 6.45) is 7.82. The molecule has 1 aromatic rings. The van der Waals surface area contributed by atoms with Crippen molar-refractivity contribution in [1.29, 1.82) is 0 Å². The van der Waals surface area contributed by atoms with Gasteiger partial charge in [-0.15, -0.1) is 0 Å². The van der Waals surface area contributed by atoms with Gasteiger partial charge < -0.3 is 0 Å². The van der Waals surface area contributed by atoms with Crippen molar-refractivity contribution in [1.82, 2.24) is 0 Å². The highest BCUT2D eigenvalue weighted by Gasteiger charge is 2.17. The predicted molar refractivity (Wildman–Crippen MR) is 74.3 cm³/mol. The lowest BCUT2D eigenvalue weighted by atomic mass is 10.0. The van der Waals surface area contributed by atoms with E-state index in [9.17, 15) is 0 Å². The summed E-state index contributed by atoms with van der Waals surface area (Å²) in [7, 11) is 1.44. The molecular formula is C15H20P. The van der Waals surface area contributed by atoms with Crippen LogP contribution in [0.2, 0.25) is 0 Å². The van der Waals surface area contributed by atoms with Gasteiger partial charge in [0, 0.05) is 0 Å². The first-order valence-corrected chi connectivity index (χ1v) is 7.23. The van der Waals surface area contributed by atoms with E-state index in [1.54, 1.807) is 5.31 Å². The monoisotopic (exact) mass is 231 g/mol. The third kappa shape index (κ3) is 2.74. The van der Waals surface area contributed by atoms with E-state index in [0.29, 0.717) is 0 Å². The maximum absolute atomic E-state index is 2.40. The molecule has 0 amide bonds. The SMILES string of the molecule is CCCCCC(C)C1=Cc2ccccc2[P]1. The first kappa shape index (κ1) is 11.9. The van der Waals surface area contributed by atoms with E-state index in [-0.39, 0.29) is 0 Å². The maximum Gasteiger partial charge on any atom is -0.00768 e. The number of unbranched alkanes of at least 4 members (excludes halogenated alkanes) is 2. The average molecular weight is 231 g/mol. The van der Waals surface area contributed by atoms with Crippen molar-refractivity contribution >= 4 is 20.0 Å². The Balaban J connectivity index is 1.94. The molecule has 1 unspecified atom stereocenters. The Labute approximate surface area is 101 Å². The summed E-state index contributed by atoms with van der Waals surface area (Å²) in [6, 6.07) is 8.76. The molecule has 1 heteroatoms. The highest BCUT2D eigenvalue weighted by Crippen LogP contribution is 2.39. The van der Waals surface area contributed by atoms with Gasteiger partial charge in [0.2, 0.25) is 0 Å². The Kier molecular flexibility index (Phi) is 4.18.